The number of hydrogen-bond donors (Lipinski definition) is 5. The summed E-state index contributed by atoms with van der Waals surface area (Å²) >= 11 is 0. The van der Waals surface area contributed by atoms with Crippen molar-refractivity contribution in [1.29, 1.82) is 0 Å². The van der Waals surface area contributed by atoms with Crippen LogP contribution < -0.4 is 5.32 Å². The average Bonchev–Trinajstić information content (AvgIpc) is 2.54. The molecule has 0 spiro atoms. The molecule has 1 fully saturated rings. The molecule has 8 heteroatoms. The molecule has 22 heavy (non-hydrogen) atoms. The minimum Gasteiger partial charge on any atom is -0.445 e. The summed E-state index contributed by atoms with van der Waals surface area (Å²) in [4.78, 5) is 11.7. The lowest BCUT2D eigenvalue weighted by Crippen LogP contribution is -2.64. The van der Waals surface area contributed by atoms with Gasteiger partial charge >= 0.3 is 6.09 Å². The Hall–Kier alpha value is -1.71. The highest BCUT2D eigenvalue weighted by Crippen LogP contribution is 2.19. The van der Waals surface area contributed by atoms with E-state index in [1.165, 1.54) is 0 Å². The van der Waals surface area contributed by atoms with E-state index in [0.717, 1.165) is 5.56 Å². The van der Waals surface area contributed by atoms with Gasteiger partial charge in [-0.2, -0.15) is 0 Å². The molecule has 0 aliphatic carbocycles. The topological polar surface area (TPSA) is 128 Å². The average molecular weight is 313 g/mol. The molecule has 1 aromatic carbocycles. The van der Waals surface area contributed by atoms with Gasteiger partial charge in [-0.15, -0.1) is 0 Å². The maximum Gasteiger partial charge on any atom is 0.407 e. The van der Waals surface area contributed by atoms with Crippen LogP contribution in [0.15, 0.2) is 30.3 Å². The number of aliphatic hydroxyl groups is 4. The minimum atomic E-state index is -1.63. The summed E-state index contributed by atoms with van der Waals surface area (Å²) in [7, 11) is 0. The van der Waals surface area contributed by atoms with Crippen molar-refractivity contribution in [2.45, 2.75) is 37.3 Å². The van der Waals surface area contributed by atoms with Gasteiger partial charge in [-0.25, -0.2) is 4.79 Å². The summed E-state index contributed by atoms with van der Waals surface area (Å²) in [6, 6.07) is 7.75. The molecule has 1 aromatic rings. The number of amides is 1. The van der Waals surface area contributed by atoms with Crippen molar-refractivity contribution in [2.24, 2.45) is 0 Å². The normalized spacial score (nSPS) is 31.5. The molecule has 0 unspecified atom stereocenters. The quantitative estimate of drug-likeness (QED) is 0.468. The van der Waals surface area contributed by atoms with Crippen LogP contribution in [0.5, 0.6) is 0 Å². The monoisotopic (exact) mass is 313 g/mol. The van der Waals surface area contributed by atoms with E-state index in [9.17, 15) is 20.1 Å². The van der Waals surface area contributed by atoms with Gasteiger partial charge in [0.15, 0.2) is 6.29 Å². The first kappa shape index (κ1) is 16.7. The van der Waals surface area contributed by atoms with E-state index in [2.05, 4.69) is 5.32 Å². The number of nitrogens with one attached hydrogen (secondary N) is 1. The summed E-state index contributed by atoms with van der Waals surface area (Å²) in [6.45, 7) is -0.545. The Morgan fingerprint density at radius 3 is 2.50 bits per heavy atom. The smallest absolute Gasteiger partial charge is 0.407 e. The second kappa shape index (κ2) is 7.52. The third-order valence-electron chi connectivity index (χ3n) is 3.40. The SMILES string of the molecule is O=C(N[C@H]1[C@@H](O)[C@@H](O)O[C@@H](CO)[C@H]1O)OCc1ccccc1. The molecule has 8 nitrogen and oxygen atoms in total. The maximum atomic E-state index is 11.7. The molecular weight excluding hydrogens is 294 g/mol. The Labute approximate surface area is 126 Å². The first-order valence-electron chi connectivity index (χ1n) is 6.80. The van der Waals surface area contributed by atoms with Crippen molar-refractivity contribution >= 4 is 6.09 Å². The highest BCUT2D eigenvalue weighted by Gasteiger charge is 2.44. The lowest BCUT2D eigenvalue weighted by molar-refractivity contribution is -0.261. The van der Waals surface area contributed by atoms with E-state index in [1.54, 1.807) is 24.3 Å². The van der Waals surface area contributed by atoms with Crippen molar-refractivity contribution in [2.75, 3.05) is 6.61 Å². The van der Waals surface area contributed by atoms with Gasteiger partial charge in [-0.3, -0.25) is 0 Å². The minimum absolute atomic E-state index is 0.0219. The number of hydrogen-bond acceptors (Lipinski definition) is 7. The summed E-state index contributed by atoms with van der Waals surface area (Å²) in [5.41, 5.74) is 0.777. The van der Waals surface area contributed by atoms with Crippen LogP contribution in [0.25, 0.3) is 0 Å². The Morgan fingerprint density at radius 1 is 1.18 bits per heavy atom. The molecule has 0 radical (unpaired) electrons. The molecule has 0 bridgehead atoms. The van der Waals surface area contributed by atoms with E-state index < -0.39 is 43.3 Å². The molecule has 1 amide bonds. The van der Waals surface area contributed by atoms with Crippen LogP contribution in [0.1, 0.15) is 5.56 Å². The van der Waals surface area contributed by atoms with Gasteiger partial charge in [-0.05, 0) is 5.56 Å². The van der Waals surface area contributed by atoms with Crippen LogP contribution in [-0.2, 0) is 16.1 Å². The maximum absolute atomic E-state index is 11.7. The third kappa shape index (κ3) is 3.93. The van der Waals surface area contributed by atoms with Gasteiger partial charge in [0.2, 0.25) is 0 Å². The van der Waals surface area contributed by atoms with Gasteiger partial charge in [0.1, 0.15) is 24.9 Å². The van der Waals surface area contributed by atoms with E-state index >= 15 is 0 Å². The fourth-order valence-electron chi connectivity index (χ4n) is 2.17. The van der Waals surface area contributed by atoms with E-state index in [1.807, 2.05) is 6.07 Å². The third-order valence-corrected chi connectivity index (χ3v) is 3.40. The standard InChI is InChI=1S/C14H19NO7/c16-6-9-11(17)10(12(18)13(19)22-9)15-14(20)21-7-8-4-2-1-3-5-8/h1-5,9-13,16-19H,6-7H2,(H,15,20)/t9-,10+,11+,12+,13-/m0/s1. The van der Waals surface area contributed by atoms with Gasteiger partial charge in [0.25, 0.3) is 0 Å². The van der Waals surface area contributed by atoms with Crippen LogP contribution in [-0.4, -0.2) is 63.8 Å². The molecule has 1 saturated heterocycles. The molecule has 1 aliphatic heterocycles. The number of benzene rings is 1. The van der Waals surface area contributed by atoms with E-state index in [0.29, 0.717) is 0 Å². The molecule has 0 aromatic heterocycles. The Balaban J connectivity index is 1.91. The zero-order valence-corrected chi connectivity index (χ0v) is 11.7. The van der Waals surface area contributed by atoms with Gasteiger partial charge < -0.3 is 35.2 Å². The van der Waals surface area contributed by atoms with Crippen molar-refractivity contribution in [1.82, 2.24) is 5.32 Å². The zero-order chi connectivity index (χ0) is 16.1. The van der Waals surface area contributed by atoms with Crippen molar-refractivity contribution < 1.29 is 34.7 Å². The van der Waals surface area contributed by atoms with Crippen LogP contribution in [0.4, 0.5) is 4.79 Å². The van der Waals surface area contributed by atoms with Crippen LogP contribution in [0, 0.1) is 0 Å². The van der Waals surface area contributed by atoms with E-state index in [-0.39, 0.29) is 6.61 Å². The van der Waals surface area contributed by atoms with Gasteiger partial charge in [0.05, 0.1) is 12.6 Å². The van der Waals surface area contributed by atoms with Crippen LogP contribution >= 0.6 is 0 Å². The summed E-state index contributed by atoms with van der Waals surface area (Å²) in [6.07, 6.45) is -6.52. The molecule has 2 rings (SSSR count). The number of rotatable bonds is 4. The molecule has 122 valence electrons. The molecular formula is C14H19NO7. The number of aliphatic hydroxyl groups excluding tert-OH is 4. The predicted molar refractivity (Wildman–Crippen MR) is 73.5 cm³/mol. The Morgan fingerprint density at radius 2 is 1.86 bits per heavy atom. The summed E-state index contributed by atoms with van der Waals surface area (Å²) in [5, 5.41) is 40.5. The molecule has 1 heterocycles. The van der Waals surface area contributed by atoms with Gasteiger partial charge in [0, 0.05) is 0 Å². The number of alkyl carbamates (subject to hydrolysis) is 1. The van der Waals surface area contributed by atoms with Crippen LogP contribution in [0.2, 0.25) is 0 Å². The second-order valence-corrected chi connectivity index (χ2v) is 4.96. The fraction of sp³-hybridized carbons (Fsp3) is 0.500. The first-order chi connectivity index (χ1) is 10.5. The lowest BCUT2D eigenvalue weighted by atomic mass is 9.96. The number of ether oxygens (including phenoxy) is 2. The highest BCUT2D eigenvalue weighted by atomic mass is 16.6. The van der Waals surface area contributed by atoms with Crippen LogP contribution in [0.3, 0.4) is 0 Å². The number of carbonyl (C=O) groups excluding carboxylic acids is 1. The molecule has 0 saturated carbocycles. The van der Waals surface area contributed by atoms with Gasteiger partial charge in [-0.1, -0.05) is 30.3 Å². The molecule has 5 atom stereocenters. The highest BCUT2D eigenvalue weighted by molar-refractivity contribution is 5.67. The predicted octanol–water partition coefficient (Wildman–Crippen LogP) is -1.29. The zero-order valence-electron chi connectivity index (χ0n) is 11.7. The Kier molecular flexibility index (Phi) is 5.69. The van der Waals surface area contributed by atoms with Crippen molar-refractivity contribution in [3.8, 4) is 0 Å². The molecule has 1 aliphatic rings. The van der Waals surface area contributed by atoms with Crippen molar-refractivity contribution in [3.05, 3.63) is 35.9 Å². The van der Waals surface area contributed by atoms with E-state index in [4.69, 9.17) is 14.6 Å². The fourth-order valence-corrected chi connectivity index (χ4v) is 2.17. The largest absolute Gasteiger partial charge is 0.445 e. The first-order valence-corrected chi connectivity index (χ1v) is 6.80. The second-order valence-electron chi connectivity index (χ2n) is 4.96. The molecule has 5 N–H and O–H groups in total. The lowest BCUT2D eigenvalue weighted by Gasteiger charge is -2.40. The summed E-state index contributed by atoms with van der Waals surface area (Å²) in [5.74, 6) is 0. The number of carbonyl (C=O) groups is 1. The summed E-state index contributed by atoms with van der Waals surface area (Å²) < 4.78 is 9.79. The van der Waals surface area contributed by atoms with Crippen molar-refractivity contribution in [3.63, 3.8) is 0 Å². The Bertz CT molecular complexity index is 483.